The third-order valence-electron chi connectivity index (χ3n) is 3.65. The minimum atomic E-state index is 0.619. The Morgan fingerprint density at radius 1 is 1.22 bits per heavy atom. The zero-order chi connectivity index (χ0) is 12.4. The zero-order valence-electron chi connectivity index (χ0n) is 10.6. The van der Waals surface area contributed by atoms with Crippen molar-refractivity contribution < 1.29 is 0 Å². The maximum atomic E-state index is 4.59. The summed E-state index contributed by atoms with van der Waals surface area (Å²) in [5.41, 5.74) is 2.36. The Labute approximate surface area is 107 Å². The van der Waals surface area contributed by atoms with Gasteiger partial charge in [-0.2, -0.15) is 5.10 Å². The molecular formula is C14H18N4. The number of pyridine rings is 1. The molecule has 0 aromatic carbocycles. The van der Waals surface area contributed by atoms with Crippen LogP contribution >= 0.6 is 0 Å². The number of piperidine rings is 1. The van der Waals surface area contributed by atoms with Gasteiger partial charge in [-0.15, -0.1) is 0 Å². The van der Waals surface area contributed by atoms with Crippen molar-refractivity contribution >= 4 is 5.82 Å². The first kappa shape index (κ1) is 11.3. The van der Waals surface area contributed by atoms with Crippen molar-refractivity contribution in [2.45, 2.75) is 25.7 Å². The standard InChI is InChI=1S/C14H18N4/c1-11-3-2-4-14(16-11)18-9-6-12(7-10-18)13-5-8-15-17-13/h2-5,8,12H,6-7,9-10H2,1H3,(H,15,17). The van der Waals surface area contributed by atoms with Gasteiger partial charge in [-0.1, -0.05) is 6.07 Å². The molecule has 0 spiro atoms. The van der Waals surface area contributed by atoms with Gasteiger partial charge in [-0.25, -0.2) is 4.98 Å². The Bertz CT molecular complexity index is 498. The first-order valence-corrected chi connectivity index (χ1v) is 6.51. The third-order valence-corrected chi connectivity index (χ3v) is 3.65. The molecule has 4 nitrogen and oxygen atoms in total. The summed E-state index contributed by atoms with van der Waals surface area (Å²) < 4.78 is 0. The molecule has 18 heavy (non-hydrogen) atoms. The zero-order valence-corrected chi connectivity index (χ0v) is 10.6. The molecule has 1 aliphatic rings. The predicted octanol–water partition coefficient (Wildman–Crippen LogP) is 2.50. The summed E-state index contributed by atoms with van der Waals surface area (Å²) in [6.45, 7) is 4.18. The van der Waals surface area contributed by atoms with E-state index < -0.39 is 0 Å². The van der Waals surface area contributed by atoms with Crippen LogP contribution in [-0.2, 0) is 0 Å². The van der Waals surface area contributed by atoms with E-state index in [2.05, 4.69) is 38.3 Å². The lowest BCUT2D eigenvalue weighted by atomic mass is 9.94. The lowest BCUT2D eigenvalue weighted by molar-refractivity contribution is 0.493. The number of hydrogen-bond acceptors (Lipinski definition) is 3. The van der Waals surface area contributed by atoms with Crippen LogP contribution in [0.5, 0.6) is 0 Å². The van der Waals surface area contributed by atoms with Crippen molar-refractivity contribution in [1.29, 1.82) is 0 Å². The molecule has 1 N–H and O–H groups in total. The van der Waals surface area contributed by atoms with Crippen LogP contribution in [0.2, 0.25) is 0 Å². The molecule has 1 saturated heterocycles. The average Bonchev–Trinajstić information content (AvgIpc) is 2.93. The molecule has 0 bridgehead atoms. The SMILES string of the molecule is Cc1cccc(N2CCC(c3ccn[nH]3)CC2)n1. The summed E-state index contributed by atoms with van der Waals surface area (Å²) in [5.74, 6) is 1.73. The van der Waals surface area contributed by atoms with Crippen molar-refractivity contribution in [3.05, 3.63) is 41.9 Å². The molecular weight excluding hydrogens is 224 g/mol. The Balaban J connectivity index is 1.67. The van der Waals surface area contributed by atoms with Gasteiger partial charge in [0.15, 0.2) is 0 Å². The molecule has 0 saturated carbocycles. The number of rotatable bonds is 2. The molecule has 1 fully saturated rings. The molecule has 0 atom stereocenters. The number of anilines is 1. The Morgan fingerprint density at radius 3 is 2.72 bits per heavy atom. The number of aromatic amines is 1. The Kier molecular flexibility index (Phi) is 3.00. The summed E-state index contributed by atoms with van der Waals surface area (Å²) in [4.78, 5) is 6.97. The van der Waals surface area contributed by atoms with Crippen molar-refractivity contribution in [3.8, 4) is 0 Å². The maximum absolute atomic E-state index is 4.59. The van der Waals surface area contributed by atoms with E-state index in [4.69, 9.17) is 0 Å². The fraction of sp³-hybridized carbons (Fsp3) is 0.429. The second-order valence-electron chi connectivity index (χ2n) is 4.91. The Morgan fingerprint density at radius 2 is 2.06 bits per heavy atom. The summed E-state index contributed by atoms with van der Waals surface area (Å²) in [6.07, 6.45) is 4.17. The van der Waals surface area contributed by atoms with Gasteiger partial charge in [0.2, 0.25) is 0 Å². The average molecular weight is 242 g/mol. The van der Waals surface area contributed by atoms with E-state index in [1.807, 2.05) is 19.2 Å². The lowest BCUT2D eigenvalue weighted by Gasteiger charge is -2.32. The van der Waals surface area contributed by atoms with Crippen LogP contribution in [0.3, 0.4) is 0 Å². The summed E-state index contributed by atoms with van der Waals surface area (Å²) >= 11 is 0. The van der Waals surface area contributed by atoms with Crippen LogP contribution in [0.25, 0.3) is 0 Å². The molecule has 2 aromatic rings. The van der Waals surface area contributed by atoms with Gasteiger partial charge >= 0.3 is 0 Å². The molecule has 1 aliphatic heterocycles. The van der Waals surface area contributed by atoms with E-state index in [0.717, 1.165) is 37.4 Å². The number of nitrogens with zero attached hydrogens (tertiary/aromatic N) is 3. The molecule has 94 valence electrons. The highest BCUT2D eigenvalue weighted by atomic mass is 15.2. The van der Waals surface area contributed by atoms with Gasteiger partial charge in [-0.05, 0) is 38.0 Å². The van der Waals surface area contributed by atoms with Crippen LogP contribution in [0.4, 0.5) is 5.82 Å². The van der Waals surface area contributed by atoms with Gasteiger partial charge in [0.1, 0.15) is 5.82 Å². The first-order valence-electron chi connectivity index (χ1n) is 6.51. The van der Waals surface area contributed by atoms with Crippen LogP contribution < -0.4 is 4.90 Å². The van der Waals surface area contributed by atoms with E-state index in [-0.39, 0.29) is 0 Å². The van der Waals surface area contributed by atoms with Crippen LogP contribution in [0, 0.1) is 6.92 Å². The Hall–Kier alpha value is -1.84. The van der Waals surface area contributed by atoms with E-state index in [1.54, 1.807) is 0 Å². The van der Waals surface area contributed by atoms with Gasteiger partial charge in [-0.3, -0.25) is 5.10 Å². The predicted molar refractivity (Wildman–Crippen MR) is 71.7 cm³/mol. The minimum absolute atomic E-state index is 0.619. The lowest BCUT2D eigenvalue weighted by Crippen LogP contribution is -2.33. The quantitative estimate of drug-likeness (QED) is 0.880. The molecule has 3 heterocycles. The number of H-pyrrole nitrogens is 1. The molecule has 4 heteroatoms. The van der Waals surface area contributed by atoms with Gasteiger partial charge in [0, 0.05) is 36.6 Å². The van der Waals surface area contributed by atoms with Crippen molar-refractivity contribution in [1.82, 2.24) is 15.2 Å². The smallest absolute Gasteiger partial charge is 0.128 e. The summed E-state index contributed by atoms with van der Waals surface area (Å²) in [5, 5.41) is 7.12. The monoisotopic (exact) mass is 242 g/mol. The highest BCUT2D eigenvalue weighted by molar-refractivity contribution is 5.39. The van der Waals surface area contributed by atoms with Crippen molar-refractivity contribution in [2.24, 2.45) is 0 Å². The molecule has 2 aromatic heterocycles. The fourth-order valence-corrected chi connectivity index (χ4v) is 2.62. The first-order chi connectivity index (χ1) is 8.83. The summed E-state index contributed by atoms with van der Waals surface area (Å²) in [6, 6.07) is 8.31. The van der Waals surface area contributed by atoms with Gasteiger partial charge in [0.05, 0.1) is 0 Å². The highest BCUT2D eigenvalue weighted by Crippen LogP contribution is 2.28. The number of aromatic nitrogens is 3. The van der Waals surface area contributed by atoms with E-state index in [9.17, 15) is 0 Å². The molecule has 0 unspecified atom stereocenters. The van der Waals surface area contributed by atoms with Gasteiger partial charge < -0.3 is 4.90 Å². The van der Waals surface area contributed by atoms with E-state index in [1.165, 1.54) is 5.69 Å². The minimum Gasteiger partial charge on any atom is -0.357 e. The molecule has 3 rings (SSSR count). The number of nitrogens with one attached hydrogen (secondary N) is 1. The van der Waals surface area contributed by atoms with Crippen LogP contribution in [-0.4, -0.2) is 28.3 Å². The van der Waals surface area contributed by atoms with Crippen LogP contribution in [0.15, 0.2) is 30.5 Å². The van der Waals surface area contributed by atoms with Crippen LogP contribution in [0.1, 0.15) is 30.1 Å². The maximum Gasteiger partial charge on any atom is 0.128 e. The van der Waals surface area contributed by atoms with Crippen molar-refractivity contribution in [3.63, 3.8) is 0 Å². The largest absolute Gasteiger partial charge is 0.357 e. The number of hydrogen-bond donors (Lipinski definition) is 1. The molecule has 0 radical (unpaired) electrons. The third kappa shape index (κ3) is 2.23. The second-order valence-corrected chi connectivity index (χ2v) is 4.91. The fourth-order valence-electron chi connectivity index (χ4n) is 2.62. The van der Waals surface area contributed by atoms with Gasteiger partial charge in [0.25, 0.3) is 0 Å². The van der Waals surface area contributed by atoms with E-state index >= 15 is 0 Å². The molecule has 0 amide bonds. The normalized spacial score (nSPS) is 17.1. The van der Waals surface area contributed by atoms with E-state index in [0.29, 0.717) is 5.92 Å². The second kappa shape index (κ2) is 4.80. The number of aryl methyl sites for hydroxylation is 1. The highest BCUT2D eigenvalue weighted by Gasteiger charge is 2.22. The molecule has 0 aliphatic carbocycles. The topological polar surface area (TPSA) is 44.8 Å². The summed E-state index contributed by atoms with van der Waals surface area (Å²) in [7, 11) is 0. The van der Waals surface area contributed by atoms with Crippen molar-refractivity contribution in [2.75, 3.05) is 18.0 Å².